The monoisotopic (exact) mass is 382 g/mol. The van der Waals surface area contributed by atoms with Gasteiger partial charge in [-0.3, -0.25) is 0 Å². The Bertz CT molecular complexity index is 753. The fraction of sp³-hybridized carbons (Fsp3) is 0.375. The van der Waals surface area contributed by atoms with Crippen LogP contribution >= 0.6 is 0 Å². The second-order valence-corrected chi connectivity index (χ2v) is 6.83. The Labute approximate surface area is 168 Å². The number of carbonyl (C=O) groups is 1. The first-order valence-electron chi connectivity index (χ1n) is 9.66. The van der Waals surface area contributed by atoms with Gasteiger partial charge in [0.05, 0.1) is 18.8 Å². The molecule has 1 unspecified atom stereocenters. The van der Waals surface area contributed by atoms with Gasteiger partial charge in [0, 0.05) is 7.11 Å². The summed E-state index contributed by atoms with van der Waals surface area (Å²) in [5, 5.41) is 0. The van der Waals surface area contributed by atoms with Crippen molar-refractivity contribution in [3.8, 4) is 5.75 Å². The number of esters is 1. The Balaban J connectivity index is 1.82. The highest BCUT2D eigenvalue weighted by molar-refractivity contribution is 5.90. The summed E-state index contributed by atoms with van der Waals surface area (Å²) in [7, 11) is 3.33. The number of benzene rings is 1. The Morgan fingerprint density at radius 2 is 2.00 bits per heavy atom. The lowest BCUT2D eigenvalue weighted by molar-refractivity contribution is 0.0636. The van der Waals surface area contributed by atoms with Gasteiger partial charge in [-0.25, -0.2) is 4.79 Å². The Morgan fingerprint density at radius 3 is 2.57 bits per heavy atom. The lowest BCUT2D eigenvalue weighted by Crippen LogP contribution is -2.08. The number of hydrogen-bond donors (Lipinski definition) is 0. The minimum absolute atomic E-state index is 0.207. The molecule has 4 nitrogen and oxygen atoms in total. The van der Waals surface area contributed by atoms with E-state index in [2.05, 4.69) is 31.2 Å². The second-order valence-electron chi connectivity index (χ2n) is 6.83. The van der Waals surface area contributed by atoms with Crippen LogP contribution in [-0.4, -0.2) is 26.3 Å². The van der Waals surface area contributed by atoms with Crippen LogP contribution in [0.15, 0.2) is 72.1 Å². The van der Waals surface area contributed by atoms with Gasteiger partial charge in [-0.05, 0) is 68.5 Å². The predicted octanol–water partition coefficient (Wildman–Crippen LogP) is 5.63. The fourth-order valence-electron chi connectivity index (χ4n) is 2.84. The Kier molecular flexibility index (Phi) is 8.76. The lowest BCUT2D eigenvalue weighted by Gasteiger charge is -2.15. The third kappa shape index (κ3) is 6.86. The first-order valence-corrected chi connectivity index (χ1v) is 9.66. The van der Waals surface area contributed by atoms with E-state index < -0.39 is 0 Å². The molecule has 150 valence electrons. The van der Waals surface area contributed by atoms with Gasteiger partial charge >= 0.3 is 5.97 Å². The quantitative estimate of drug-likeness (QED) is 0.315. The SMILES string of the molecule is C/C=C(\C=C/C(C)CCC1=CC[C@H](OC)C=C1)OC(=O)c1ccc(OC)cc1. The normalized spacial score (nSPS) is 18.1. The minimum Gasteiger partial charge on any atom is -0.497 e. The summed E-state index contributed by atoms with van der Waals surface area (Å²) in [5.74, 6) is 1.26. The Hall–Kier alpha value is -2.59. The van der Waals surface area contributed by atoms with Crippen molar-refractivity contribution in [2.45, 2.75) is 39.2 Å². The van der Waals surface area contributed by atoms with E-state index in [1.54, 1.807) is 44.6 Å². The second kappa shape index (κ2) is 11.3. The standard InChI is InChI=1S/C24H30O4/c1-5-21(28-24(25)20-11-16-23(27-4)17-12-20)13-7-18(2)6-8-19-9-14-22(26-3)15-10-19/h5,7,9-14,16-18,22H,6,8,15H2,1-4H3/b13-7-,21-5+/t18?,22-/m1/s1. The van der Waals surface area contributed by atoms with Crippen LogP contribution in [0.4, 0.5) is 0 Å². The third-order valence-electron chi connectivity index (χ3n) is 4.74. The van der Waals surface area contributed by atoms with Crippen molar-refractivity contribution >= 4 is 5.97 Å². The van der Waals surface area contributed by atoms with E-state index >= 15 is 0 Å². The molecule has 0 radical (unpaired) electrons. The van der Waals surface area contributed by atoms with Crippen LogP contribution in [0, 0.1) is 5.92 Å². The van der Waals surface area contributed by atoms with E-state index in [9.17, 15) is 4.79 Å². The molecule has 1 aliphatic rings. The molecule has 1 aromatic carbocycles. The van der Waals surface area contributed by atoms with Crippen molar-refractivity contribution in [3.63, 3.8) is 0 Å². The van der Waals surface area contributed by atoms with Crippen LogP contribution in [0.1, 0.15) is 43.5 Å². The van der Waals surface area contributed by atoms with Crippen molar-refractivity contribution in [1.29, 1.82) is 0 Å². The summed E-state index contributed by atoms with van der Waals surface area (Å²) in [5.41, 5.74) is 1.85. The molecule has 1 aromatic rings. The van der Waals surface area contributed by atoms with E-state index in [1.165, 1.54) is 5.57 Å². The number of allylic oxidation sites excluding steroid dienone is 5. The highest BCUT2D eigenvalue weighted by Gasteiger charge is 2.10. The summed E-state index contributed by atoms with van der Waals surface area (Å²) in [4.78, 5) is 12.3. The molecule has 0 aliphatic heterocycles. The number of hydrogen-bond acceptors (Lipinski definition) is 4. The van der Waals surface area contributed by atoms with E-state index in [0.717, 1.165) is 19.3 Å². The summed E-state index contributed by atoms with van der Waals surface area (Å²) in [6.07, 6.45) is 15.5. The molecule has 0 N–H and O–H groups in total. The summed E-state index contributed by atoms with van der Waals surface area (Å²) in [6, 6.07) is 6.88. The van der Waals surface area contributed by atoms with Crippen molar-refractivity contribution in [1.82, 2.24) is 0 Å². The number of methoxy groups -OCH3 is 2. The number of rotatable bonds is 9. The molecule has 1 aliphatic carbocycles. The molecule has 28 heavy (non-hydrogen) atoms. The molecule has 0 saturated heterocycles. The van der Waals surface area contributed by atoms with Crippen molar-refractivity contribution in [3.05, 3.63) is 77.6 Å². The van der Waals surface area contributed by atoms with Crippen molar-refractivity contribution in [2.75, 3.05) is 14.2 Å². The summed E-state index contributed by atoms with van der Waals surface area (Å²) in [6.45, 7) is 4.02. The van der Waals surface area contributed by atoms with Crippen LogP contribution < -0.4 is 4.74 Å². The molecule has 0 aromatic heterocycles. The van der Waals surface area contributed by atoms with Crippen LogP contribution in [0.5, 0.6) is 5.75 Å². The molecule has 0 amide bonds. The van der Waals surface area contributed by atoms with Gasteiger partial charge in [0.15, 0.2) is 0 Å². The first-order chi connectivity index (χ1) is 13.5. The molecule has 0 saturated carbocycles. The van der Waals surface area contributed by atoms with E-state index in [-0.39, 0.29) is 12.1 Å². The summed E-state index contributed by atoms with van der Waals surface area (Å²) < 4.78 is 15.9. The highest BCUT2D eigenvalue weighted by Crippen LogP contribution is 2.20. The summed E-state index contributed by atoms with van der Waals surface area (Å²) >= 11 is 0. The molecular weight excluding hydrogens is 352 g/mol. The topological polar surface area (TPSA) is 44.8 Å². The van der Waals surface area contributed by atoms with Crippen LogP contribution in [0.25, 0.3) is 0 Å². The van der Waals surface area contributed by atoms with Gasteiger partial charge in [0.1, 0.15) is 11.5 Å². The van der Waals surface area contributed by atoms with Crippen molar-refractivity contribution in [2.24, 2.45) is 5.92 Å². The van der Waals surface area contributed by atoms with E-state index in [0.29, 0.717) is 23.0 Å². The maximum atomic E-state index is 12.3. The lowest BCUT2D eigenvalue weighted by atomic mass is 9.96. The van der Waals surface area contributed by atoms with Crippen LogP contribution in [0.3, 0.4) is 0 Å². The maximum absolute atomic E-state index is 12.3. The molecule has 0 spiro atoms. The average molecular weight is 383 g/mol. The maximum Gasteiger partial charge on any atom is 0.343 e. The zero-order chi connectivity index (χ0) is 20.4. The number of ether oxygens (including phenoxy) is 3. The van der Waals surface area contributed by atoms with Gasteiger partial charge < -0.3 is 14.2 Å². The largest absolute Gasteiger partial charge is 0.497 e. The highest BCUT2D eigenvalue weighted by atomic mass is 16.5. The van der Waals surface area contributed by atoms with Gasteiger partial charge in [-0.15, -0.1) is 0 Å². The molecule has 0 bridgehead atoms. The Morgan fingerprint density at radius 1 is 1.25 bits per heavy atom. The predicted molar refractivity (Wildman–Crippen MR) is 112 cm³/mol. The average Bonchev–Trinajstić information content (AvgIpc) is 2.75. The van der Waals surface area contributed by atoms with Gasteiger partial charge in [0.25, 0.3) is 0 Å². The molecular formula is C24H30O4. The number of carbonyl (C=O) groups excluding carboxylic acids is 1. The van der Waals surface area contributed by atoms with E-state index in [4.69, 9.17) is 14.2 Å². The molecule has 0 heterocycles. The zero-order valence-electron chi connectivity index (χ0n) is 17.2. The minimum atomic E-state index is -0.377. The van der Waals surface area contributed by atoms with Gasteiger partial charge in [-0.1, -0.05) is 36.8 Å². The van der Waals surface area contributed by atoms with Crippen LogP contribution in [0.2, 0.25) is 0 Å². The van der Waals surface area contributed by atoms with Crippen LogP contribution in [-0.2, 0) is 9.47 Å². The molecule has 2 atom stereocenters. The molecule has 2 rings (SSSR count). The smallest absolute Gasteiger partial charge is 0.343 e. The van der Waals surface area contributed by atoms with E-state index in [1.807, 2.05) is 13.0 Å². The van der Waals surface area contributed by atoms with Gasteiger partial charge in [-0.2, -0.15) is 0 Å². The molecule has 0 fully saturated rings. The molecule has 4 heteroatoms. The van der Waals surface area contributed by atoms with Gasteiger partial charge in [0.2, 0.25) is 0 Å². The van der Waals surface area contributed by atoms with Crippen molar-refractivity contribution < 1.29 is 19.0 Å². The first kappa shape index (κ1) is 21.7. The zero-order valence-corrected chi connectivity index (χ0v) is 17.2. The fourth-order valence-corrected chi connectivity index (χ4v) is 2.84. The third-order valence-corrected chi connectivity index (χ3v) is 4.74.